The summed E-state index contributed by atoms with van der Waals surface area (Å²) in [7, 11) is 0. The number of piperazine rings is 1. The molecule has 1 unspecified atom stereocenters. The van der Waals surface area contributed by atoms with Gasteiger partial charge in [0.25, 0.3) is 5.91 Å². The highest BCUT2D eigenvalue weighted by atomic mass is 35.5. The van der Waals surface area contributed by atoms with Crippen LogP contribution >= 0.6 is 23.2 Å². The number of ether oxygens (including phenoxy) is 1. The van der Waals surface area contributed by atoms with Crippen molar-refractivity contribution in [3.05, 3.63) is 135 Å². The Morgan fingerprint density at radius 1 is 0.739 bits per heavy atom. The van der Waals surface area contributed by atoms with E-state index in [9.17, 15) is 19.2 Å². The molecule has 2 aliphatic heterocycles. The first-order chi connectivity index (χ1) is 22.3. The Hall–Kier alpha value is -4.34. The zero-order valence-corrected chi connectivity index (χ0v) is 26.4. The van der Waals surface area contributed by atoms with Crippen LogP contribution in [0.4, 0.5) is 5.69 Å². The number of hydrogen-bond donors (Lipinski definition) is 0. The van der Waals surface area contributed by atoms with Gasteiger partial charge in [-0.3, -0.25) is 24.2 Å². The number of carbonyl (C=O) groups excluding carboxylic acids is 4. The lowest BCUT2D eigenvalue weighted by molar-refractivity contribution is -0.123. The first kappa shape index (κ1) is 31.6. The van der Waals surface area contributed by atoms with Crippen LogP contribution in [0.25, 0.3) is 0 Å². The summed E-state index contributed by atoms with van der Waals surface area (Å²) in [6, 6.07) is 30.8. The van der Waals surface area contributed by atoms with Crippen molar-refractivity contribution < 1.29 is 23.9 Å². The van der Waals surface area contributed by atoms with Crippen LogP contribution in [0.1, 0.15) is 44.3 Å². The second-order valence-corrected chi connectivity index (χ2v) is 12.1. The molecule has 4 aromatic carbocycles. The zero-order valence-electron chi connectivity index (χ0n) is 24.9. The highest BCUT2D eigenvalue weighted by Gasteiger charge is 2.44. The fraction of sp³-hybridized carbons (Fsp3) is 0.222. The second-order valence-electron chi connectivity index (χ2n) is 11.3. The first-order valence-electron chi connectivity index (χ1n) is 15.0. The van der Waals surface area contributed by atoms with E-state index in [1.807, 2.05) is 12.1 Å². The zero-order chi connectivity index (χ0) is 32.2. The van der Waals surface area contributed by atoms with Gasteiger partial charge in [-0.15, -0.1) is 0 Å². The molecule has 6 rings (SSSR count). The normalized spacial score (nSPS) is 17.5. The summed E-state index contributed by atoms with van der Waals surface area (Å²) in [4.78, 5) is 57.4. The summed E-state index contributed by atoms with van der Waals surface area (Å²) in [6.07, 6.45) is 0.0975. The van der Waals surface area contributed by atoms with Gasteiger partial charge in [-0.2, -0.15) is 0 Å². The Labute approximate surface area is 277 Å². The predicted molar refractivity (Wildman–Crippen MR) is 176 cm³/mol. The monoisotopic (exact) mass is 655 g/mol. The van der Waals surface area contributed by atoms with E-state index in [1.54, 1.807) is 0 Å². The molecule has 234 valence electrons. The molecule has 2 heterocycles. The van der Waals surface area contributed by atoms with Crippen LogP contribution in [0.15, 0.2) is 103 Å². The molecular formula is C36H31Cl2N3O5. The molecule has 0 bridgehead atoms. The van der Waals surface area contributed by atoms with Crippen molar-refractivity contribution in [1.82, 2.24) is 9.80 Å². The molecule has 0 N–H and O–H groups in total. The van der Waals surface area contributed by atoms with Gasteiger partial charge in [0.15, 0.2) is 12.4 Å². The van der Waals surface area contributed by atoms with Crippen LogP contribution in [0.2, 0.25) is 10.0 Å². The molecule has 2 aliphatic rings. The number of anilines is 1. The number of nitrogens with zero attached hydrogens (tertiary/aromatic N) is 3. The number of esters is 1. The van der Waals surface area contributed by atoms with Gasteiger partial charge in [0, 0.05) is 31.7 Å². The number of amides is 2. The van der Waals surface area contributed by atoms with Crippen LogP contribution in [0, 0.1) is 0 Å². The number of rotatable bonds is 9. The Balaban J connectivity index is 1.06. The molecular weight excluding hydrogens is 625 g/mol. The Bertz CT molecular complexity index is 1700. The number of benzene rings is 4. The Kier molecular flexibility index (Phi) is 9.61. The molecule has 0 radical (unpaired) electrons. The van der Waals surface area contributed by atoms with Gasteiger partial charge in [0.05, 0.1) is 39.8 Å². The van der Waals surface area contributed by atoms with Crippen LogP contribution in [0.3, 0.4) is 0 Å². The van der Waals surface area contributed by atoms with Gasteiger partial charge in [0.2, 0.25) is 5.91 Å². The topological polar surface area (TPSA) is 87.2 Å². The molecule has 2 amide bonds. The average molecular weight is 657 g/mol. The molecule has 0 aromatic heterocycles. The van der Waals surface area contributed by atoms with Crippen molar-refractivity contribution in [3.63, 3.8) is 0 Å². The van der Waals surface area contributed by atoms with Crippen LogP contribution in [0.5, 0.6) is 0 Å². The van der Waals surface area contributed by atoms with Gasteiger partial charge >= 0.3 is 5.97 Å². The van der Waals surface area contributed by atoms with Crippen molar-refractivity contribution in [3.8, 4) is 0 Å². The number of ketones is 1. The molecule has 0 saturated carbocycles. The number of halogens is 2. The smallest absolute Gasteiger partial charge is 0.338 e. The number of imide groups is 1. The van der Waals surface area contributed by atoms with Gasteiger partial charge in [-0.05, 0) is 53.6 Å². The second kappa shape index (κ2) is 14.0. The largest absolute Gasteiger partial charge is 0.454 e. The van der Waals surface area contributed by atoms with E-state index in [4.69, 9.17) is 27.9 Å². The summed E-state index contributed by atoms with van der Waals surface area (Å²) >= 11 is 11.9. The van der Waals surface area contributed by atoms with Crippen molar-refractivity contribution >= 4 is 52.5 Å². The third kappa shape index (κ3) is 6.76. The van der Waals surface area contributed by atoms with Crippen LogP contribution in [-0.4, -0.2) is 72.2 Å². The number of hydrogen-bond acceptors (Lipinski definition) is 7. The molecule has 10 heteroatoms. The fourth-order valence-corrected chi connectivity index (χ4v) is 6.38. The van der Waals surface area contributed by atoms with E-state index >= 15 is 0 Å². The quantitative estimate of drug-likeness (QED) is 0.123. The van der Waals surface area contributed by atoms with Gasteiger partial charge in [-0.1, -0.05) is 83.9 Å². The van der Waals surface area contributed by atoms with Crippen molar-refractivity contribution in [2.75, 3.05) is 37.7 Å². The summed E-state index contributed by atoms with van der Waals surface area (Å²) in [5.41, 5.74) is 3.26. The SMILES string of the molecule is O=C(COC(=O)c1ccc(N2C(=O)CC(N3CCN(C(c4ccccc4)c4ccccc4)CC3)C2=O)cc1)c1ccc(Cl)c(Cl)c1. The van der Waals surface area contributed by atoms with Crippen molar-refractivity contribution in [2.24, 2.45) is 0 Å². The first-order valence-corrected chi connectivity index (χ1v) is 15.8. The predicted octanol–water partition coefficient (Wildman–Crippen LogP) is 6.07. The summed E-state index contributed by atoms with van der Waals surface area (Å²) in [6.45, 7) is 2.32. The maximum absolute atomic E-state index is 13.6. The highest BCUT2D eigenvalue weighted by molar-refractivity contribution is 6.42. The molecule has 46 heavy (non-hydrogen) atoms. The molecule has 0 spiro atoms. The minimum Gasteiger partial charge on any atom is -0.454 e. The molecule has 2 saturated heterocycles. The summed E-state index contributed by atoms with van der Waals surface area (Å²) in [5.74, 6) is -1.70. The lowest BCUT2D eigenvalue weighted by atomic mass is 9.96. The summed E-state index contributed by atoms with van der Waals surface area (Å²) in [5, 5.41) is 0.541. The van der Waals surface area contributed by atoms with E-state index in [-0.39, 0.29) is 40.4 Å². The maximum atomic E-state index is 13.6. The average Bonchev–Trinajstić information content (AvgIpc) is 3.39. The molecule has 8 nitrogen and oxygen atoms in total. The van der Waals surface area contributed by atoms with E-state index in [0.717, 1.165) is 13.1 Å². The van der Waals surface area contributed by atoms with E-state index in [1.165, 1.54) is 58.5 Å². The van der Waals surface area contributed by atoms with Gasteiger partial charge < -0.3 is 4.74 Å². The molecule has 0 aliphatic carbocycles. The van der Waals surface area contributed by atoms with E-state index in [2.05, 4.69) is 58.3 Å². The molecule has 1 atom stereocenters. The highest BCUT2D eigenvalue weighted by Crippen LogP contribution is 2.32. The summed E-state index contributed by atoms with van der Waals surface area (Å²) < 4.78 is 5.18. The van der Waals surface area contributed by atoms with Crippen LogP contribution in [-0.2, 0) is 14.3 Å². The Morgan fingerprint density at radius 2 is 1.33 bits per heavy atom. The minimum absolute atomic E-state index is 0.0975. The van der Waals surface area contributed by atoms with E-state index in [0.29, 0.717) is 23.8 Å². The third-order valence-electron chi connectivity index (χ3n) is 8.45. The maximum Gasteiger partial charge on any atom is 0.338 e. The van der Waals surface area contributed by atoms with Gasteiger partial charge in [0.1, 0.15) is 0 Å². The third-order valence-corrected chi connectivity index (χ3v) is 9.18. The van der Waals surface area contributed by atoms with Crippen LogP contribution < -0.4 is 4.90 Å². The van der Waals surface area contributed by atoms with Gasteiger partial charge in [-0.25, -0.2) is 9.69 Å². The molecule has 2 fully saturated rings. The van der Waals surface area contributed by atoms with Crippen molar-refractivity contribution in [2.45, 2.75) is 18.5 Å². The minimum atomic E-state index is -0.709. The number of carbonyl (C=O) groups is 4. The lowest BCUT2D eigenvalue weighted by Gasteiger charge is -2.41. The standard InChI is InChI=1S/C36H31Cl2N3O5/c37-29-16-13-27(21-30(29)38)32(42)23-46-36(45)26-11-14-28(15-12-26)41-33(43)22-31(35(41)44)39-17-19-40(20-18-39)34(24-7-3-1-4-8-24)25-9-5-2-6-10-25/h1-16,21,31,34H,17-20,22-23H2. The number of Topliss-reactive ketones (excluding diaryl/α,β-unsaturated/α-hetero) is 1. The van der Waals surface area contributed by atoms with Crippen molar-refractivity contribution in [1.29, 1.82) is 0 Å². The van der Waals surface area contributed by atoms with E-state index < -0.39 is 24.4 Å². The lowest BCUT2D eigenvalue weighted by Crippen LogP contribution is -2.53. The molecule has 4 aromatic rings. The Morgan fingerprint density at radius 3 is 1.91 bits per heavy atom. The fourth-order valence-electron chi connectivity index (χ4n) is 6.08.